The molecule has 0 fully saturated rings. The van der Waals surface area contributed by atoms with Crippen molar-refractivity contribution in [3.8, 4) is 5.75 Å². The molecule has 74 valence electrons. The molecule has 1 aromatic carbocycles. The average Bonchev–Trinajstić information content (AvgIpc) is 2.08. The van der Waals surface area contributed by atoms with E-state index in [0.29, 0.717) is 10.6 Å². The monoisotopic (exact) mass is 231 g/mol. The first-order valence-electron chi connectivity index (χ1n) is 3.66. The van der Waals surface area contributed by atoms with Gasteiger partial charge in [0.05, 0.1) is 5.02 Å². The summed E-state index contributed by atoms with van der Waals surface area (Å²) in [7, 11) is 0. The maximum absolute atomic E-state index is 10.4. The van der Waals surface area contributed by atoms with E-state index >= 15 is 0 Å². The van der Waals surface area contributed by atoms with Gasteiger partial charge in [0, 0.05) is 16.7 Å². The van der Waals surface area contributed by atoms with Crippen LogP contribution in [0.5, 0.6) is 5.75 Å². The van der Waals surface area contributed by atoms with Gasteiger partial charge in [-0.3, -0.25) is 4.79 Å². The molecule has 5 heteroatoms. The van der Waals surface area contributed by atoms with E-state index in [1.807, 2.05) is 0 Å². The number of carbonyl (C=O) groups is 1. The smallest absolute Gasteiger partial charge is 0.241 e. The fourth-order valence-corrected chi connectivity index (χ4v) is 1.39. The summed E-state index contributed by atoms with van der Waals surface area (Å²) >= 11 is 11.3. The summed E-state index contributed by atoms with van der Waals surface area (Å²) in [5, 5.41) is 9.94. The normalized spacial score (nSPS) is 10.7. The maximum atomic E-state index is 10.4. The van der Waals surface area contributed by atoms with Gasteiger partial charge in [-0.05, 0) is 18.2 Å². The third-order valence-electron chi connectivity index (χ3n) is 1.48. The highest BCUT2D eigenvalue weighted by molar-refractivity contribution is 6.35. The minimum absolute atomic E-state index is 0.127. The minimum Gasteiger partial charge on any atom is -0.506 e. The number of rotatable bonds is 2. The summed E-state index contributed by atoms with van der Waals surface area (Å²) < 4.78 is 0. The molecule has 1 rings (SSSR count). The second kappa shape index (κ2) is 4.35. The van der Waals surface area contributed by atoms with E-state index in [4.69, 9.17) is 28.9 Å². The van der Waals surface area contributed by atoms with Crippen LogP contribution < -0.4 is 5.73 Å². The average molecular weight is 232 g/mol. The van der Waals surface area contributed by atoms with Gasteiger partial charge in [-0.15, -0.1) is 0 Å². The second-order valence-electron chi connectivity index (χ2n) is 2.56. The molecule has 3 nitrogen and oxygen atoms in total. The van der Waals surface area contributed by atoms with Gasteiger partial charge < -0.3 is 10.8 Å². The molecule has 0 radical (unpaired) electrons. The first kappa shape index (κ1) is 10.9. The highest BCUT2D eigenvalue weighted by Gasteiger charge is 2.05. The van der Waals surface area contributed by atoms with Crippen molar-refractivity contribution in [2.75, 3.05) is 0 Å². The van der Waals surface area contributed by atoms with Crippen molar-refractivity contribution in [1.29, 1.82) is 0 Å². The van der Waals surface area contributed by atoms with Gasteiger partial charge in [0.1, 0.15) is 5.75 Å². The van der Waals surface area contributed by atoms with Crippen molar-refractivity contribution < 1.29 is 9.90 Å². The number of carbonyl (C=O) groups excluding carboxylic acids is 1. The molecule has 0 bridgehead atoms. The zero-order valence-corrected chi connectivity index (χ0v) is 8.51. The first-order valence-corrected chi connectivity index (χ1v) is 4.42. The summed E-state index contributed by atoms with van der Waals surface area (Å²) in [6, 6.07) is 2.88. The number of phenols is 1. The van der Waals surface area contributed by atoms with Gasteiger partial charge in [-0.1, -0.05) is 23.2 Å². The van der Waals surface area contributed by atoms with Crippen LogP contribution in [0.2, 0.25) is 10.0 Å². The second-order valence-corrected chi connectivity index (χ2v) is 3.40. The van der Waals surface area contributed by atoms with E-state index in [1.165, 1.54) is 18.2 Å². The number of halogens is 2. The van der Waals surface area contributed by atoms with E-state index in [0.717, 1.165) is 6.08 Å². The summed E-state index contributed by atoms with van der Waals surface area (Å²) in [5.41, 5.74) is 5.24. The number of aromatic hydroxyl groups is 1. The molecule has 0 aliphatic rings. The van der Waals surface area contributed by atoms with Crippen LogP contribution in [0, 0.1) is 0 Å². The Morgan fingerprint density at radius 3 is 2.64 bits per heavy atom. The molecule has 0 spiro atoms. The number of amides is 1. The molecule has 14 heavy (non-hydrogen) atoms. The molecule has 1 amide bonds. The summed E-state index contributed by atoms with van der Waals surface area (Å²) in [6.07, 6.45) is 2.46. The van der Waals surface area contributed by atoms with Gasteiger partial charge in [0.2, 0.25) is 5.91 Å². The van der Waals surface area contributed by atoms with E-state index < -0.39 is 5.91 Å². The predicted molar refractivity (Wildman–Crippen MR) is 56.4 cm³/mol. The van der Waals surface area contributed by atoms with Crippen LogP contribution in [0.3, 0.4) is 0 Å². The third kappa shape index (κ3) is 2.65. The number of primary amides is 1. The Balaban J connectivity index is 3.14. The maximum Gasteiger partial charge on any atom is 0.241 e. The number of nitrogens with two attached hydrogens (primary N) is 1. The number of benzene rings is 1. The predicted octanol–water partition coefficient (Wildman–Crippen LogP) is 2.20. The number of phenolic OH excluding ortho intramolecular Hbond substituents is 1. The molecule has 0 aliphatic carbocycles. The zero-order valence-electron chi connectivity index (χ0n) is 7.00. The Labute approximate surface area is 90.7 Å². The van der Waals surface area contributed by atoms with E-state index in [2.05, 4.69) is 0 Å². The SMILES string of the molecule is NC(=O)/C=C\c1cc(Cl)cc(Cl)c1O. The molecular weight excluding hydrogens is 225 g/mol. The molecule has 1 aromatic rings. The lowest BCUT2D eigenvalue weighted by Gasteiger charge is -2.01. The van der Waals surface area contributed by atoms with Crippen LogP contribution in [0.15, 0.2) is 18.2 Å². The zero-order chi connectivity index (χ0) is 10.7. The quantitative estimate of drug-likeness (QED) is 0.767. The largest absolute Gasteiger partial charge is 0.506 e. The molecule has 0 aliphatic heterocycles. The fraction of sp³-hybridized carbons (Fsp3) is 0. The lowest BCUT2D eigenvalue weighted by molar-refractivity contribution is -0.113. The van der Waals surface area contributed by atoms with Gasteiger partial charge in [0.15, 0.2) is 0 Å². The van der Waals surface area contributed by atoms with Crippen LogP contribution in [0.4, 0.5) is 0 Å². The first-order chi connectivity index (χ1) is 6.50. The van der Waals surface area contributed by atoms with Crippen molar-refractivity contribution in [2.45, 2.75) is 0 Å². The van der Waals surface area contributed by atoms with Crippen molar-refractivity contribution >= 4 is 35.2 Å². The Bertz CT molecular complexity index is 402. The van der Waals surface area contributed by atoms with Gasteiger partial charge >= 0.3 is 0 Å². The Hall–Kier alpha value is -1.19. The van der Waals surface area contributed by atoms with Crippen molar-refractivity contribution in [3.63, 3.8) is 0 Å². The fourth-order valence-electron chi connectivity index (χ4n) is 0.885. The van der Waals surface area contributed by atoms with E-state index in [1.54, 1.807) is 0 Å². The molecule has 0 unspecified atom stereocenters. The summed E-state index contributed by atoms with van der Waals surface area (Å²) in [4.78, 5) is 10.4. The lowest BCUT2D eigenvalue weighted by atomic mass is 10.2. The number of hydrogen-bond donors (Lipinski definition) is 2. The molecule has 3 N–H and O–H groups in total. The van der Waals surface area contributed by atoms with Crippen LogP contribution in [-0.2, 0) is 4.79 Å². The van der Waals surface area contributed by atoms with Gasteiger partial charge in [0.25, 0.3) is 0 Å². The van der Waals surface area contributed by atoms with Crippen LogP contribution >= 0.6 is 23.2 Å². The summed E-state index contributed by atoms with van der Waals surface area (Å²) in [5.74, 6) is -0.742. The van der Waals surface area contributed by atoms with Crippen molar-refractivity contribution in [1.82, 2.24) is 0 Å². The topological polar surface area (TPSA) is 63.3 Å². The Morgan fingerprint density at radius 1 is 1.43 bits per heavy atom. The lowest BCUT2D eigenvalue weighted by Crippen LogP contribution is -2.05. The molecule has 0 saturated carbocycles. The third-order valence-corrected chi connectivity index (χ3v) is 1.99. The Kier molecular flexibility index (Phi) is 3.38. The van der Waals surface area contributed by atoms with Crippen LogP contribution in [0.1, 0.15) is 5.56 Å². The molecule has 0 saturated heterocycles. The van der Waals surface area contributed by atoms with Gasteiger partial charge in [-0.2, -0.15) is 0 Å². The van der Waals surface area contributed by atoms with E-state index in [-0.39, 0.29) is 10.8 Å². The van der Waals surface area contributed by atoms with Crippen molar-refractivity contribution in [2.24, 2.45) is 5.73 Å². The minimum atomic E-state index is -0.611. The van der Waals surface area contributed by atoms with Crippen molar-refractivity contribution in [3.05, 3.63) is 33.8 Å². The molecule has 0 aromatic heterocycles. The molecular formula is C9H7Cl2NO2. The Morgan fingerprint density at radius 2 is 2.07 bits per heavy atom. The van der Waals surface area contributed by atoms with Crippen LogP contribution in [0.25, 0.3) is 6.08 Å². The standard InChI is InChI=1S/C9H7Cl2NO2/c10-6-3-5(1-2-8(12)13)9(14)7(11)4-6/h1-4,14H,(H2,12,13)/b2-1-. The van der Waals surface area contributed by atoms with E-state index in [9.17, 15) is 9.90 Å². The molecule has 0 heterocycles. The highest BCUT2D eigenvalue weighted by atomic mass is 35.5. The van der Waals surface area contributed by atoms with Crippen LogP contribution in [-0.4, -0.2) is 11.0 Å². The van der Waals surface area contributed by atoms with Gasteiger partial charge in [-0.25, -0.2) is 0 Å². The number of hydrogen-bond acceptors (Lipinski definition) is 2. The highest BCUT2D eigenvalue weighted by Crippen LogP contribution is 2.31. The molecule has 0 atom stereocenters. The summed E-state index contributed by atoms with van der Waals surface area (Å²) in [6.45, 7) is 0.